The van der Waals surface area contributed by atoms with E-state index in [1.807, 2.05) is 30.3 Å². The van der Waals surface area contributed by atoms with Crippen LogP contribution in [0.4, 0.5) is 5.69 Å². The summed E-state index contributed by atoms with van der Waals surface area (Å²) in [6, 6.07) is 23.9. The number of hydrogen-bond donors (Lipinski definition) is 1. The summed E-state index contributed by atoms with van der Waals surface area (Å²) in [4.78, 5) is -0.383. The predicted octanol–water partition coefficient (Wildman–Crippen LogP) is 4.74. The molecule has 0 saturated carbocycles. The standard InChI is InChI=1S/C22H18N2O4S/c1-27-18-11-13-21(14-12-18)29(25,26)22(15-23)16-24-17-7-9-20(10-8-17)28-19-5-3-2-4-6-19/h2-14,16,24H,1H3. The van der Waals surface area contributed by atoms with Crippen LogP contribution in [0.2, 0.25) is 0 Å². The van der Waals surface area contributed by atoms with Gasteiger partial charge < -0.3 is 14.8 Å². The highest BCUT2D eigenvalue weighted by molar-refractivity contribution is 7.95. The highest BCUT2D eigenvalue weighted by atomic mass is 32.2. The van der Waals surface area contributed by atoms with E-state index in [-0.39, 0.29) is 4.90 Å². The molecule has 6 nitrogen and oxygen atoms in total. The second kappa shape index (κ2) is 8.95. The van der Waals surface area contributed by atoms with Crippen molar-refractivity contribution >= 4 is 15.5 Å². The van der Waals surface area contributed by atoms with Crippen LogP contribution in [-0.4, -0.2) is 15.5 Å². The Morgan fingerprint density at radius 2 is 1.48 bits per heavy atom. The van der Waals surface area contributed by atoms with Crippen molar-refractivity contribution < 1.29 is 17.9 Å². The maximum Gasteiger partial charge on any atom is 0.218 e. The number of anilines is 1. The van der Waals surface area contributed by atoms with Crippen LogP contribution in [0.5, 0.6) is 17.2 Å². The molecular formula is C22H18N2O4S. The second-order valence-electron chi connectivity index (χ2n) is 5.88. The summed E-state index contributed by atoms with van der Waals surface area (Å²) in [6.45, 7) is 0. The highest BCUT2D eigenvalue weighted by Crippen LogP contribution is 2.24. The van der Waals surface area contributed by atoms with Crippen LogP contribution in [0.15, 0.2) is 94.9 Å². The summed E-state index contributed by atoms with van der Waals surface area (Å²) in [5.41, 5.74) is 0.614. The number of benzene rings is 3. The van der Waals surface area contributed by atoms with Gasteiger partial charge in [-0.2, -0.15) is 5.26 Å². The molecule has 1 N–H and O–H groups in total. The number of methoxy groups -OCH3 is 1. The molecule has 0 heterocycles. The lowest BCUT2D eigenvalue weighted by Gasteiger charge is -2.08. The largest absolute Gasteiger partial charge is 0.497 e. The van der Waals surface area contributed by atoms with E-state index in [9.17, 15) is 13.7 Å². The van der Waals surface area contributed by atoms with Crippen molar-refractivity contribution in [1.29, 1.82) is 5.26 Å². The van der Waals surface area contributed by atoms with Crippen LogP contribution >= 0.6 is 0 Å². The normalized spacial score (nSPS) is 11.4. The zero-order chi connectivity index (χ0) is 20.7. The lowest BCUT2D eigenvalue weighted by molar-refractivity contribution is 0.414. The summed E-state index contributed by atoms with van der Waals surface area (Å²) in [7, 11) is -2.45. The van der Waals surface area contributed by atoms with E-state index >= 15 is 0 Å². The van der Waals surface area contributed by atoms with E-state index in [2.05, 4.69) is 5.32 Å². The number of para-hydroxylation sites is 1. The zero-order valence-electron chi connectivity index (χ0n) is 15.6. The Labute approximate surface area is 169 Å². The average Bonchev–Trinajstić information content (AvgIpc) is 2.76. The topological polar surface area (TPSA) is 88.4 Å². The van der Waals surface area contributed by atoms with Gasteiger partial charge in [-0.3, -0.25) is 0 Å². The average molecular weight is 406 g/mol. The minimum Gasteiger partial charge on any atom is -0.497 e. The Hall–Kier alpha value is -3.76. The van der Waals surface area contributed by atoms with Gasteiger partial charge >= 0.3 is 0 Å². The number of hydrogen-bond acceptors (Lipinski definition) is 6. The molecule has 0 fully saturated rings. The summed E-state index contributed by atoms with van der Waals surface area (Å²) < 4.78 is 36.0. The molecule has 146 valence electrons. The third kappa shape index (κ3) is 4.94. The molecule has 0 aliphatic heterocycles. The molecule has 7 heteroatoms. The highest BCUT2D eigenvalue weighted by Gasteiger charge is 2.20. The first kappa shape index (κ1) is 20.0. The number of sulfone groups is 1. The van der Waals surface area contributed by atoms with Crippen LogP contribution in [0.25, 0.3) is 0 Å². The molecule has 0 atom stereocenters. The number of nitrogens with one attached hydrogen (secondary N) is 1. The summed E-state index contributed by atoms with van der Waals surface area (Å²) in [5, 5.41) is 12.2. The maximum absolute atomic E-state index is 12.6. The Balaban J connectivity index is 1.73. The Kier molecular flexibility index (Phi) is 6.17. The van der Waals surface area contributed by atoms with E-state index < -0.39 is 14.7 Å². The minimum atomic E-state index is -3.94. The fourth-order valence-electron chi connectivity index (χ4n) is 2.44. The first-order valence-corrected chi connectivity index (χ1v) is 10.1. The van der Waals surface area contributed by atoms with Crippen LogP contribution in [0.1, 0.15) is 0 Å². The number of nitriles is 1. The Morgan fingerprint density at radius 3 is 2.07 bits per heavy atom. The smallest absolute Gasteiger partial charge is 0.218 e. The molecular weight excluding hydrogens is 388 g/mol. The predicted molar refractivity (Wildman–Crippen MR) is 110 cm³/mol. The minimum absolute atomic E-state index is 0.0134. The summed E-state index contributed by atoms with van der Waals surface area (Å²) in [5.74, 6) is 1.88. The van der Waals surface area contributed by atoms with E-state index in [1.54, 1.807) is 30.3 Å². The van der Waals surface area contributed by atoms with Gasteiger partial charge in [-0.1, -0.05) is 18.2 Å². The molecule has 0 unspecified atom stereocenters. The molecule has 3 rings (SSSR count). The molecule has 29 heavy (non-hydrogen) atoms. The summed E-state index contributed by atoms with van der Waals surface area (Å²) >= 11 is 0. The van der Waals surface area contributed by atoms with Gasteiger partial charge in [-0.15, -0.1) is 0 Å². The van der Waals surface area contributed by atoms with Gasteiger partial charge in [0.25, 0.3) is 0 Å². The van der Waals surface area contributed by atoms with Crippen molar-refractivity contribution in [2.45, 2.75) is 4.90 Å². The van der Waals surface area contributed by atoms with Crippen molar-refractivity contribution in [1.82, 2.24) is 0 Å². The molecule has 0 radical (unpaired) electrons. The molecule has 0 saturated heterocycles. The van der Waals surface area contributed by atoms with Crippen LogP contribution in [-0.2, 0) is 9.84 Å². The fourth-order valence-corrected chi connectivity index (χ4v) is 3.53. The Morgan fingerprint density at radius 1 is 0.897 bits per heavy atom. The van der Waals surface area contributed by atoms with Crippen LogP contribution in [0.3, 0.4) is 0 Å². The maximum atomic E-state index is 12.6. The van der Waals surface area contributed by atoms with Crippen LogP contribution < -0.4 is 14.8 Å². The van der Waals surface area contributed by atoms with Gasteiger partial charge in [-0.25, -0.2) is 8.42 Å². The third-order valence-corrected chi connectivity index (χ3v) is 5.65. The fraction of sp³-hybridized carbons (Fsp3) is 0.0455. The first-order chi connectivity index (χ1) is 14.0. The third-order valence-electron chi connectivity index (χ3n) is 3.97. The lowest BCUT2D eigenvalue weighted by atomic mass is 10.3. The molecule has 3 aromatic rings. The van der Waals surface area contributed by atoms with Crippen molar-refractivity contribution in [3.8, 4) is 23.3 Å². The van der Waals surface area contributed by atoms with Gasteiger partial charge in [0.1, 0.15) is 23.3 Å². The second-order valence-corrected chi connectivity index (χ2v) is 7.80. The Bertz CT molecular complexity index is 1130. The molecule has 0 aromatic heterocycles. The van der Waals surface area contributed by atoms with E-state index in [0.29, 0.717) is 22.9 Å². The van der Waals surface area contributed by atoms with Gasteiger partial charge in [-0.05, 0) is 60.7 Å². The molecule has 3 aromatic carbocycles. The van der Waals surface area contributed by atoms with Crippen LogP contribution in [0, 0.1) is 11.3 Å². The van der Waals surface area contributed by atoms with Gasteiger partial charge in [0.15, 0.2) is 4.91 Å². The SMILES string of the molecule is COc1ccc(S(=O)(=O)C(C#N)=CNc2ccc(Oc3ccccc3)cc2)cc1. The van der Waals surface area contributed by atoms with Crippen molar-refractivity contribution in [2.24, 2.45) is 0 Å². The number of nitrogens with zero attached hydrogens (tertiary/aromatic N) is 1. The van der Waals surface area contributed by atoms with Gasteiger partial charge in [0.2, 0.25) is 9.84 Å². The molecule has 0 aliphatic rings. The number of rotatable bonds is 7. The first-order valence-electron chi connectivity index (χ1n) is 8.62. The van der Waals surface area contributed by atoms with Crippen molar-refractivity contribution in [2.75, 3.05) is 12.4 Å². The molecule has 0 amide bonds. The monoisotopic (exact) mass is 406 g/mol. The molecule has 0 bridgehead atoms. The van der Waals surface area contributed by atoms with E-state index in [4.69, 9.17) is 9.47 Å². The van der Waals surface area contributed by atoms with Gasteiger partial charge in [0.05, 0.1) is 12.0 Å². The van der Waals surface area contributed by atoms with Crippen molar-refractivity contribution in [3.05, 3.63) is 90.0 Å². The number of allylic oxidation sites excluding steroid dienone is 1. The zero-order valence-corrected chi connectivity index (χ0v) is 16.4. The van der Waals surface area contributed by atoms with Gasteiger partial charge in [0, 0.05) is 11.9 Å². The summed E-state index contributed by atoms with van der Waals surface area (Å²) in [6.07, 6.45) is 1.17. The van der Waals surface area contributed by atoms with E-state index in [0.717, 1.165) is 0 Å². The molecule has 0 spiro atoms. The quantitative estimate of drug-likeness (QED) is 0.570. The lowest BCUT2D eigenvalue weighted by Crippen LogP contribution is -2.05. The van der Waals surface area contributed by atoms with E-state index in [1.165, 1.54) is 37.6 Å². The van der Waals surface area contributed by atoms with Crippen molar-refractivity contribution in [3.63, 3.8) is 0 Å². The molecule has 0 aliphatic carbocycles. The number of ether oxygens (including phenoxy) is 2.